The number of aromatic nitrogens is 2. The van der Waals surface area contributed by atoms with Crippen LogP contribution < -0.4 is 0 Å². The quantitative estimate of drug-likeness (QED) is 0.675. The van der Waals surface area contributed by atoms with Crippen molar-refractivity contribution in [3.8, 4) is 5.75 Å². The van der Waals surface area contributed by atoms with Gasteiger partial charge in [0, 0.05) is 6.20 Å². The van der Waals surface area contributed by atoms with Crippen LogP contribution in [0.4, 0.5) is 0 Å². The largest absolute Gasteiger partial charge is 0.504 e. The fraction of sp³-hybridized carbons (Fsp3) is 0. The lowest BCUT2D eigenvalue weighted by Gasteiger charge is -2.00. The molecule has 2 heterocycles. The van der Waals surface area contributed by atoms with E-state index in [0.29, 0.717) is 5.52 Å². The summed E-state index contributed by atoms with van der Waals surface area (Å²) in [6.45, 7) is 0. The molecule has 5 heteroatoms. The average molecular weight is 178 g/mol. The molecule has 0 aliphatic rings. The molecule has 2 N–H and O–H groups in total. The van der Waals surface area contributed by atoms with Crippen LogP contribution in [-0.4, -0.2) is 25.6 Å². The van der Waals surface area contributed by atoms with E-state index < -0.39 is 5.97 Å². The molecule has 2 aromatic heterocycles. The molecule has 0 unspecified atom stereocenters. The first-order valence-electron chi connectivity index (χ1n) is 3.58. The van der Waals surface area contributed by atoms with E-state index in [9.17, 15) is 9.90 Å². The summed E-state index contributed by atoms with van der Waals surface area (Å²) in [4.78, 5) is 14.1. The second kappa shape index (κ2) is 2.48. The maximum Gasteiger partial charge on any atom is 0.358 e. The molecule has 0 atom stereocenters. The third kappa shape index (κ3) is 1.01. The van der Waals surface area contributed by atoms with Crippen LogP contribution in [0.3, 0.4) is 0 Å². The minimum atomic E-state index is -1.23. The molecule has 0 saturated carbocycles. The van der Waals surface area contributed by atoms with E-state index in [2.05, 4.69) is 4.98 Å². The van der Waals surface area contributed by atoms with Crippen LogP contribution in [0.1, 0.15) is 10.5 Å². The number of aromatic carboxylic acids is 1. The molecule has 0 aliphatic carbocycles. The maximum atomic E-state index is 10.6. The molecule has 5 nitrogen and oxygen atoms in total. The monoisotopic (exact) mass is 178 g/mol. The van der Waals surface area contributed by atoms with Gasteiger partial charge in [-0.15, -0.1) is 0 Å². The Morgan fingerprint density at radius 2 is 2.31 bits per heavy atom. The van der Waals surface area contributed by atoms with Gasteiger partial charge in [-0.2, -0.15) is 0 Å². The van der Waals surface area contributed by atoms with Gasteiger partial charge in [0.15, 0.2) is 11.4 Å². The summed E-state index contributed by atoms with van der Waals surface area (Å²) in [7, 11) is 0. The molecule has 2 aromatic rings. The molecule has 0 amide bonds. The molecule has 2 rings (SSSR count). The van der Waals surface area contributed by atoms with E-state index in [1.54, 1.807) is 22.7 Å². The smallest absolute Gasteiger partial charge is 0.358 e. The lowest BCUT2D eigenvalue weighted by Crippen LogP contribution is -2.02. The van der Waals surface area contributed by atoms with Crippen molar-refractivity contribution in [1.82, 2.24) is 9.38 Å². The van der Waals surface area contributed by atoms with Crippen molar-refractivity contribution < 1.29 is 15.0 Å². The number of fused-ring (bicyclic) bond motifs is 1. The van der Waals surface area contributed by atoms with Gasteiger partial charge in [-0.1, -0.05) is 0 Å². The summed E-state index contributed by atoms with van der Waals surface area (Å²) in [6, 6.07) is 3.31. The predicted octanol–water partition coefficient (Wildman–Crippen LogP) is 0.738. The van der Waals surface area contributed by atoms with E-state index >= 15 is 0 Å². The first-order valence-corrected chi connectivity index (χ1v) is 3.58. The van der Waals surface area contributed by atoms with Gasteiger partial charge in [-0.05, 0) is 12.1 Å². The number of hydrogen-bond donors (Lipinski definition) is 2. The summed E-state index contributed by atoms with van der Waals surface area (Å²) < 4.78 is 1.54. The Hall–Kier alpha value is -2.04. The van der Waals surface area contributed by atoms with Crippen molar-refractivity contribution in [2.75, 3.05) is 0 Å². The van der Waals surface area contributed by atoms with Gasteiger partial charge in [-0.3, -0.25) is 0 Å². The number of rotatable bonds is 1. The Balaban J connectivity index is 2.80. The van der Waals surface area contributed by atoms with E-state index in [1.165, 1.54) is 6.33 Å². The van der Waals surface area contributed by atoms with Crippen LogP contribution in [0.2, 0.25) is 0 Å². The first-order chi connectivity index (χ1) is 6.20. The highest BCUT2D eigenvalue weighted by Crippen LogP contribution is 2.21. The lowest BCUT2D eigenvalue weighted by molar-refractivity contribution is 0.0687. The van der Waals surface area contributed by atoms with Crippen LogP contribution >= 0.6 is 0 Å². The second-order valence-electron chi connectivity index (χ2n) is 2.55. The zero-order valence-corrected chi connectivity index (χ0v) is 6.51. The van der Waals surface area contributed by atoms with Crippen molar-refractivity contribution in [3.63, 3.8) is 0 Å². The SMILES string of the molecule is O=C(O)c1ncn2cccc2c1O. The first kappa shape index (κ1) is 7.60. The van der Waals surface area contributed by atoms with E-state index in [-0.39, 0.29) is 11.4 Å². The minimum absolute atomic E-state index is 0.306. The van der Waals surface area contributed by atoms with Gasteiger partial charge in [0.1, 0.15) is 6.33 Å². The molecular weight excluding hydrogens is 172 g/mol. The molecule has 0 radical (unpaired) electrons. The Bertz CT molecular complexity index is 475. The molecule has 0 spiro atoms. The van der Waals surface area contributed by atoms with Crippen molar-refractivity contribution in [3.05, 3.63) is 30.4 Å². The van der Waals surface area contributed by atoms with Crippen LogP contribution in [0, 0.1) is 0 Å². The highest BCUT2D eigenvalue weighted by Gasteiger charge is 2.13. The predicted molar refractivity (Wildman–Crippen MR) is 43.8 cm³/mol. The highest BCUT2D eigenvalue weighted by molar-refractivity contribution is 5.91. The van der Waals surface area contributed by atoms with Crippen LogP contribution in [0.15, 0.2) is 24.7 Å². The number of hydrogen-bond acceptors (Lipinski definition) is 3. The summed E-state index contributed by atoms with van der Waals surface area (Å²) >= 11 is 0. The summed E-state index contributed by atoms with van der Waals surface area (Å²) in [5.41, 5.74) is 0.110. The van der Waals surface area contributed by atoms with Crippen molar-refractivity contribution in [1.29, 1.82) is 0 Å². The van der Waals surface area contributed by atoms with Gasteiger partial charge in [0.2, 0.25) is 0 Å². The van der Waals surface area contributed by atoms with Gasteiger partial charge in [0.25, 0.3) is 0 Å². The van der Waals surface area contributed by atoms with E-state index in [4.69, 9.17) is 5.11 Å². The van der Waals surface area contributed by atoms with Crippen LogP contribution in [-0.2, 0) is 0 Å². The lowest BCUT2D eigenvalue weighted by atomic mass is 10.3. The summed E-state index contributed by atoms with van der Waals surface area (Å²) in [5.74, 6) is -1.54. The fourth-order valence-electron chi connectivity index (χ4n) is 1.15. The van der Waals surface area contributed by atoms with Crippen LogP contribution in [0.25, 0.3) is 5.52 Å². The average Bonchev–Trinajstić information content (AvgIpc) is 2.52. The third-order valence-electron chi connectivity index (χ3n) is 1.76. The molecule has 13 heavy (non-hydrogen) atoms. The van der Waals surface area contributed by atoms with Crippen molar-refractivity contribution >= 4 is 11.5 Å². The Morgan fingerprint density at radius 3 is 3.00 bits per heavy atom. The Labute approximate surface area is 72.9 Å². The number of carbonyl (C=O) groups is 1. The maximum absolute atomic E-state index is 10.6. The standard InChI is InChI=1S/C8H6N2O3/c11-7-5-2-1-3-10(5)4-9-6(7)8(12)13/h1-4,11H,(H,12,13). The summed E-state index contributed by atoms with van der Waals surface area (Å²) in [6.07, 6.45) is 3.02. The highest BCUT2D eigenvalue weighted by atomic mass is 16.4. The molecule has 0 aromatic carbocycles. The summed E-state index contributed by atoms with van der Waals surface area (Å²) in [5, 5.41) is 18.1. The zero-order chi connectivity index (χ0) is 9.42. The van der Waals surface area contributed by atoms with E-state index in [1.807, 2.05) is 0 Å². The molecule has 0 fully saturated rings. The fourth-order valence-corrected chi connectivity index (χ4v) is 1.15. The molecular formula is C8H6N2O3. The molecule has 66 valence electrons. The number of carboxylic acid groups (broad SMARTS) is 1. The molecule has 0 bridgehead atoms. The number of carboxylic acids is 1. The second-order valence-corrected chi connectivity index (χ2v) is 2.55. The van der Waals surface area contributed by atoms with E-state index in [0.717, 1.165) is 0 Å². The van der Waals surface area contributed by atoms with Gasteiger partial charge in [-0.25, -0.2) is 9.78 Å². The molecule has 0 aliphatic heterocycles. The Kier molecular flexibility index (Phi) is 1.45. The topological polar surface area (TPSA) is 74.8 Å². The number of nitrogens with zero attached hydrogens (tertiary/aromatic N) is 2. The van der Waals surface area contributed by atoms with Crippen LogP contribution in [0.5, 0.6) is 5.75 Å². The van der Waals surface area contributed by atoms with Crippen molar-refractivity contribution in [2.24, 2.45) is 0 Å². The third-order valence-corrected chi connectivity index (χ3v) is 1.76. The normalized spacial score (nSPS) is 10.5. The van der Waals surface area contributed by atoms with Gasteiger partial charge < -0.3 is 14.6 Å². The molecule has 0 saturated heterocycles. The van der Waals surface area contributed by atoms with Crippen molar-refractivity contribution in [2.45, 2.75) is 0 Å². The Morgan fingerprint density at radius 1 is 1.54 bits per heavy atom. The van der Waals surface area contributed by atoms with Gasteiger partial charge in [0.05, 0.1) is 5.52 Å². The van der Waals surface area contributed by atoms with Gasteiger partial charge >= 0.3 is 5.97 Å². The zero-order valence-electron chi connectivity index (χ0n) is 6.51. The minimum Gasteiger partial charge on any atom is -0.504 e. The number of aromatic hydroxyl groups is 1.